The highest BCUT2D eigenvalue weighted by atomic mass is 16.6. The van der Waals surface area contributed by atoms with E-state index in [4.69, 9.17) is 14.2 Å². The molecule has 24 heavy (non-hydrogen) atoms. The third-order valence-electron chi connectivity index (χ3n) is 5.06. The number of hydrogen-bond donors (Lipinski definition) is 0. The van der Waals surface area contributed by atoms with Gasteiger partial charge in [-0.05, 0) is 24.3 Å². The second kappa shape index (κ2) is 6.19. The van der Waals surface area contributed by atoms with E-state index in [1.165, 1.54) is 0 Å². The van der Waals surface area contributed by atoms with Gasteiger partial charge in [-0.3, -0.25) is 4.79 Å². The van der Waals surface area contributed by atoms with E-state index in [0.29, 0.717) is 0 Å². The molecule has 0 saturated carbocycles. The monoisotopic (exact) mass is 326 g/mol. The molecule has 1 heterocycles. The highest BCUT2D eigenvalue weighted by Gasteiger charge is 2.53. The lowest BCUT2D eigenvalue weighted by Crippen LogP contribution is -2.33. The highest BCUT2D eigenvalue weighted by Crippen LogP contribution is 2.49. The van der Waals surface area contributed by atoms with Crippen LogP contribution in [0.4, 0.5) is 0 Å². The van der Waals surface area contributed by atoms with Crippen LogP contribution in [-0.4, -0.2) is 20.2 Å². The molecular weight excluding hydrogens is 304 g/mol. The molecule has 1 saturated heterocycles. The van der Waals surface area contributed by atoms with Gasteiger partial charge in [0.15, 0.2) is 5.60 Å². The molecule has 126 valence electrons. The maximum atomic E-state index is 12.3. The molecule has 0 spiro atoms. The maximum absolute atomic E-state index is 12.3. The molecule has 1 fully saturated rings. The lowest BCUT2D eigenvalue weighted by Gasteiger charge is -2.33. The molecule has 2 atom stereocenters. The number of hydrogen-bond acceptors (Lipinski definition) is 4. The lowest BCUT2D eigenvalue weighted by molar-refractivity contribution is -0.148. The van der Waals surface area contributed by atoms with E-state index < -0.39 is 5.60 Å². The van der Waals surface area contributed by atoms with Gasteiger partial charge < -0.3 is 14.2 Å². The van der Waals surface area contributed by atoms with Crippen LogP contribution in [0.15, 0.2) is 48.5 Å². The summed E-state index contributed by atoms with van der Waals surface area (Å²) < 4.78 is 16.5. The van der Waals surface area contributed by atoms with Crippen molar-refractivity contribution in [2.45, 2.75) is 19.4 Å². The number of rotatable bonds is 4. The van der Waals surface area contributed by atoms with Gasteiger partial charge in [0.25, 0.3) is 0 Å². The van der Waals surface area contributed by atoms with E-state index in [0.717, 1.165) is 22.6 Å². The number of carbonyl (C=O) groups excluding carboxylic acids is 1. The standard InChI is InChI=1S/C20H22O4/c1-13-14(2)20(24-19(13)21,15-5-9-17(22-3)10-6-15)16-7-11-18(23-4)12-8-16/h5-14H,1-4H3. The molecule has 1 aliphatic heterocycles. The minimum absolute atomic E-state index is 0.00629. The summed E-state index contributed by atoms with van der Waals surface area (Å²) in [5.74, 6) is 1.21. The molecule has 2 aromatic carbocycles. The van der Waals surface area contributed by atoms with Crippen LogP contribution in [0.25, 0.3) is 0 Å². The average Bonchev–Trinajstić information content (AvgIpc) is 2.87. The Morgan fingerprint density at radius 2 is 1.25 bits per heavy atom. The molecule has 2 aromatic rings. The predicted octanol–water partition coefficient (Wildman–Crippen LogP) is 3.78. The third-order valence-corrected chi connectivity index (χ3v) is 5.06. The fourth-order valence-corrected chi connectivity index (χ4v) is 3.39. The Morgan fingerprint density at radius 1 is 0.833 bits per heavy atom. The van der Waals surface area contributed by atoms with Crippen LogP contribution in [0, 0.1) is 11.8 Å². The van der Waals surface area contributed by atoms with Gasteiger partial charge in [-0.25, -0.2) is 0 Å². The Hall–Kier alpha value is -2.49. The molecule has 0 N–H and O–H groups in total. The Morgan fingerprint density at radius 3 is 1.54 bits per heavy atom. The molecule has 0 radical (unpaired) electrons. The van der Waals surface area contributed by atoms with Crippen molar-refractivity contribution in [3.63, 3.8) is 0 Å². The number of benzene rings is 2. The summed E-state index contributed by atoms with van der Waals surface area (Å²) in [4.78, 5) is 12.3. The largest absolute Gasteiger partial charge is 0.497 e. The van der Waals surface area contributed by atoms with Gasteiger partial charge in [0.1, 0.15) is 11.5 Å². The molecule has 0 bridgehead atoms. The van der Waals surface area contributed by atoms with Crippen LogP contribution in [0.2, 0.25) is 0 Å². The molecule has 4 nitrogen and oxygen atoms in total. The normalized spacial score (nSPS) is 22.1. The highest BCUT2D eigenvalue weighted by molar-refractivity contribution is 5.77. The Bertz CT molecular complexity index is 671. The topological polar surface area (TPSA) is 44.8 Å². The zero-order valence-corrected chi connectivity index (χ0v) is 14.4. The molecule has 1 aliphatic rings. The van der Waals surface area contributed by atoms with Crippen molar-refractivity contribution in [3.8, 4) is 11.5 Å². The molecular formula is C20H22O4. The first kappa shape index (κ1) is 16.4. The molecule has 0 aromatic heterocycles. The van der Waals surface area contributed by atoms with Crippen molar-refractivity contribution in [2.75, 3.05) is 14.2 Å². The van der Waals surface area contributed by atoms with Crippen molar-refractivity contribution in [3.05, 3.63) is 59.7 Å². The number of methoxy groups -OCH3 is 2. The van der Waals surface area contributed by atoms with Crippen LogP contribution >= 0.6 is 0 Å². The minimum atomic E-state index is -0.797. The SMILES string of the molecule is COc1ccc(C2(c3ccc(OC)cc3)OC(=O)C(C)C2C)cc1. The number of esters is 1. The van der Waals surface area contributed by atoms with Crippen molar-refractivity contribution in [1.29, 1.82) is 0 Å². The molecule has 0 aliphatic carbocycles. The minimum Gasteiger partial charge on any atom is -0.497 e. The zero-order chi connectivity index (χ0) is 17.3. The molecule has 3 rings (SSSR count). The summed E-state index contributed by atoms with van der Waals surface area (Å²) >= 11 is 0. The fraction of sp³-hybridized carbons (Fsp3) is 0.350. The first-order valence-electron chi connectivity index (χ1n) is 8.05. The third kappa shape index (κ3) is 2.42. The maximum Gasteiger partial charge on any atom is 0.310 e. The second-order valence-electron chi connectivity index (χ2n) is 6.19. The van der Waals surface area contributed by atoms with Gasteiger partial charge in [0, 0.05) is 17.0 Å². The van der Waals surface area contributed by atoms with E-state index in [1.54, 1.807) is 14.2 Å². The number of carbonyl (C=O) groups is 1. The van der Waals surface area contributed by atoms with Crippen LogP contribution in [-0.2, 0) is 15.1 Å². The summed E-state index contributed by atoms with van der Waals surface area (Å²) in [7, 11) is 3.27. The summed E-state index contributed by atoms with van der Waals surface area (Å²) in [5, 5.41) is 0. The first-order chi connectivity index (χ1) is 11.5. The van der Waals surface area contributed by atoms with Gasteiger partial charge in [0.2, 0.25) is 0 Å². The number of cyclic esters (lactones) is 1. The molecule has 4 heteroatoms. The van der Waals surface area contributed by atoms with Gasteiger partial charge in [-0.15, -0.1) is 0 Å². The van der Waals surface area contributed by atoms with Crippen molar-refractivity contribution >= 4 is 5.97 Å². The van der Waals surface area contributed by atoms with Crippen molar-refractivity contribution in [1.82, 2.24) is 0 Å². The Kier molecular flexibility index (Phi) is 4.22. The smallest absolute Gasteiger partial charge is 0.310 e. The summed E-state index contributed by atoms with van der Waals surface area (Å²) in [5.41, 5.74) is 1.09. The molecule has 0 amide bonds. The van der Waals surface area contributed by atoms with E-state index in [1.807, 2.05) is 55.5 Å². The molecule has 2 unspecified atom stereocenters. The summed E-state index contributed by atoms with van der Waals surface area (Å²) in [6.45, 7) is 3.98. The summed E-state index contributed by atoms with van der Waals surface area (Å²) in [6, 6.07) is 15.4. The van der Waals surface area contributed by atoms with Crippen molar-refractivity contribution < 1.29 is 19.0 Å². The second-order valence-corrected chi connectivity index (χ2v) is 6.19. The lowest BCUT2D eigenvalue weighted by atomic mass is 9.74. The fourth-order valence-electron chi connectivity index (χ4n) is 3.39. The van der Waals surface area contributed by atoms with E-state index in [9.17, 15) is 4.79 Å². The zero-order valence-electron chi connectivity index (χ0n) is 14.4. The van der Waals surface area contributed by atoms with Crippen LogP contribution in [0.1, 0.15) is 25.0 Å². The van der Waals surface area contributed by atoms with Gasteiger partial charge in [-0.2, -0.15) is 0 Å². The van der Waals surface area contributed by atoms with Crippen molar-refractivity contribution in [2.24, 2.45) is 11.8 Å². The van der Waals surface area contributed by atoms with E-state index in [2.05, 4.69) is 6.92 Å². The van der Waals surface area contributed by atoms with Gasteiger partial charge >= 0.3 is 5.97 Å². The van der Waals surface area contributed by atoms with Crippen LogP contribution in [0.3, 0.4) is 0 Å². The Balaban J connectivity index is 2.15. The quantitative estimate of drug-likeness (QED) is 0.802. The van der Waals surface area contributed by atoms with Gasteiger partial charge in [0.05, 0.1) is 20.1 Å². The predicted molar refractivity (Wildman–Crippen MR) is 91.2 cm³/mol. The number of ether oxygens (including phenoxy) is 3. The first-order valence-corrected chi connectivity index (χ1v) is 8.05. The summed E-state index contributed by atoms with van der Waals surface area (Å²) in [6.07, 6.45) is 0. The van der Waals surface area contributed by atoms with E-state index in [-0.39, 0.29) is 17.8 Å². The Labute approximate surface area is 142 Å². The average molecular weight is 326 g/mol. The van der Waals surface area contributed by atoms with Gasteiger partial charge in [-0.1, -0.05) is 38.1 Å². The van der Waals surface area contributed by atoms with Crippen LogP contribution < -0.4 is 9.47 Å². The van der Waals surface area contributed by atoms with Crippen LogP contribution in [0.5, 0.6) is 11.5 Å². The van der Waals surface area contributed by atoms with E-state index >= 15 is 0 Å².